The van der Waals surface area contributed by atoms with Crippen LogP contribution >= 0.6 is 0 Å². The second-order valence-corrected chi connectivity index (χ2v) is 8.90. The van der Waals surface area contributed by atoms with Crippen molar-refractivity contribution >= 4 is 15.9 Å². The topological polar surface area (TPSA) is 92.5 Å². The summed E-state index contributed by atoms with van der Waals surface area (Å²) in [7, 11) is -1.85. The van der Waals surface area contributed by atoms with Gasteiger partial charge in [0.1, 0.15) is 0 Å². The molecule has 2 aromatic rings. The molecule has 0 aliphatic rings. The van der Waals surface area contributed by atoms with Gasteiger partial charge in [-0.05, 0) is 69.1 Å². The number of benzene rings is 2. The van der Waals surface area contributed by atoms with E-state index >= 15 is 0 Å². The first kappa shape index (κ1) is 22.1. The lowest BCUT2D eigenvalue weighted by molar-refractivity contribution is -0.123. The van der Waals surface area contributed by atoms with E-state index in [2.05, 4.69) is 31.3 Å². The number of carbonyl (C=O) groups is 1. The number of carbonyl (C=O) groups excluding carboxylic acids is 1. The van der Waals surface area contributed by atoms with Crippen LogP contribution < -0.4 is 10.5 Å². The molecule has 2 unspecified atom stereocenters. The van der Waals surface area contributed by atoms with Gasteiger partial charge in [0.2, 0.25) is 15.9 Å². The Hall–Kier alpha value is -2.22. The highest BCUT2D eigenvalue weighted by molar-refractivity contribution is 7.89. The van der Waals surface area contributed by atoms with Crippen LogP contribution in [0.5, 0.6) is 0 Å². The van der Waals surface area contributed by atoms with Crippen molar-refractivity contribution in [1.82, 2.24) is 10.2 Å². The molecule has 0 heterocycles. The number of hydrogen-bond donors (Lipinski definition) is 2. The Bertz CT molecular complexity index is 940. The van der Waals surface area contributed by atoms with Gasteiger partial charge in [-0.2, -0.15) is 0 Å². The van der Waals surface area contributed by atoms with Gasteiger partial charge in [0.15, 0.2) is 0 Å². The van der Waals surface area contributed by atoms with Crippen LogP contribution in [0.1, 0.15) is 48.2 Å². The molecular weight excluding hydrogens is 374 g/mol. The van der Waals surface area contributed by atoms with Crippen molar-refractivity contribution in [2.45, 2.75) is 44.7 Å². The highest BCUT2D eigenvalue weighted by Crippen LogP contribution is 2.21. The molecule has 0 aliphatic carbocycles. The number of amides is 1. The molecule has 2 aromatic carbocycles. The zero-order valence-electron chi connectivity index (χ0n) is 17.1. The number of primary sulfonamides is 1. The normalized spacial score (nSPS) is 14.0. The fraction of sp³-hybridized carbons (Fsp3) is 0.381. The van der Waals surface area contributed by atoms with Gasteiger partial charge in [-0.3, -0.25) is 9.69 Å². The fourth-order valence-electron chi connectivity index (χ4n) is 2.96. The quantitative estimate of drug-likeness (QED) is 0.743. The van der Waals surface area contributed by atoms with Crippen LogP contribution in [0.2, 0.25) is 0 Å². The van der Waals surface area contributed by atoms with Crippen molar-refractivity contribution < 1.29 is 13.2 Å². The van der Waals surface area contributed by atoms with Gasteiger partial charge in [0.05, 0.1) is 17.5 Å². The molecule has 0 radical (unpaired) electrons. The highest BCUT2D eigenvalue weighted by atomic mass is 32.2. The molecule has 0 aliphatic heterocycles. The van der Waals surface area contributed by atoms with E-state index in [4.69, 9.17) is 5.14 Å². The first-order valence-electron chi connectivity index (χ1n) is 9.18. The van der Waals surface area contributed by atoms with E-state index in [1.807, 2.05) is 31.9 Å². The van der Waals surface area contributed by atoms with Crippen LogP contribution in [0.25, 0.3) is 0 Å². The number of nitrogens with one attached hydrogen (secondary N) is 1. The number of sulfonamides is 1. The molecular formula is C21H29N3O3S. The van der Waals surface area contributed by atoms with Crippen LogP contribution in [0.3, 0.4) is 0 Å². The SMILES string of the molecule is Cc1ccc(C(C)NC(=O)CN(C)C(C)c2ccc(S(N)(=O)=O)cc2)cc1C. The van der Waals surface area contributed by atoms with Crippen LogP contribution in [0.15, 0.2) is 47.4 Å². The third-order valence-electron chi connectivity index (χ3n) is 5.15. The maximum Gasteiger partial charge on any atom is 0.238 e. The summed E-state index contributed by atoms with van der Waals surface area (Å²) in [6, 6.07) is 12.5. The van der Waals surface area contributed by atoms with E-state index in [0.717, 1.165) is 11.1 Å². The first-order chi connectivity index (χ1) is 13.0. The second kappa shape index (κ2) is 8.86. The maximum atomic E-state index is 12.5. The van der Waals surface area contributed by atoms with E-state index in [1.165, 1.54) is 23.3 Å². The molecule has 1 amide bonds. The Balaban J connectivity index is 1.98. The lowest BCUT2D eigenvalue weighted by Crippen LogP contribution is -2.37. The van der Waals surface area contributed by atoms with E-state index < -0.39 is 10.0 Å². The molecule has 28 heavy (non-hydrogen) atoms. The first-order valence-corrected chi connectivity index (χ1v) is 10.7. The summed E-state index contributed by atoms with van der Waals surface area (Å²) in [6.07, 6.45) is 0. The van der Waals surface area contributed by atoms with Crippen molar-refractivity contribution in [3.63, 3.8) is 0 Å². The molecule has 3 N–H and O–H groups in total. The van der Waals surface area contributed by atoms with Crippen LogP contribution in [-0.4, -0.2) is 32.8 Å². The van der Waals surface area contributed by atoms with Crippen LogP contribution in [0.4, 0.5) is 0 Å². The van der Waals surface area contributed by atoms with Gasteiger partial charge in [-0.25, -0.2) is 13.6 Å². The molecule has 2 rings (SSSR count). The van der Waals surface area contributed by atoms with E-state index in [9.17, 15) is 13.2 Å². The molecule has 6 nitrogen and oxygen atoms in total. The monoisotopic (exact) mass is 403 g/mol. The minimum atomic E-state index is -3.71. The highest BCUT2D eigenvalue weighted by Gasteiger charge is 2.17. The Morgan fingerprint density at radius 1 is 1.04 bits per heavy atom. The molecule has 0 aromatic heterocycles. The average molecular weight is 404 g/mol. The molecule has 7 heteroatoms. The van der Waals surface area contributed by atoms with Crippen molar-refractivity contribution in [2.24, 2.45) is 5.14 Å². The molecule has 0 fully saturated rings. The second-order valence-electron chi connectivity index (χ2n) is 7.34. The molecule has 2 atom stereocenters. The van der Waals surface area contributed by atoms with E-state index in [1.54, 1.807) is 12.1 Å². The summed E-state index contributed by atoms with van der Waals surface area (Å²) < 4.78 is 22.7. The molecule has 0 bridgehead atoms. The summed E-state index contributed by atoms with van der Waals surface area (Å²) >= 11 is 0. The zero-order valence-corrected chi connectivity index (χ0v) is 17.9. The largest absolute Gasteiger partial charge is 0.348 e. The summed E-state index contributed by atoms with van der Waals surface area (Å²) in [4.78, 5) is 14.4. The van der Waals surface area contributed by atoms with Gasteiger partial charge in [-0.15, -0.1) is 0 Å². The summed E-state index contributed by atoms with van der Waals surface area (Å²) in [5.41, 5.74) is 4.41. The summed E-state index contributed by atoms with van der Waals surface area (Å²) in [5.74, 6) is -0.0683. The standard InChI is InChI=1S/C21H29N3O3S/c1-14-6-7-19(12-15(14)2)16(3)23-21(25)13-24(5)17(4)18-8-10-20(11-9-18)28(22,26)27/h6-12,16-17H,13H2,1-5H3,(H,23,25)(H2,22,26,27). The van der Waals surface area contributed by atoms with Gasteiger partial charge < -0.3 is 5.32 Å². The van der Waals surface area contributed by atoms with Gasteiger partial charge in [0.25, 0.3) is 0 Å². The predicted molar refractivity (Wildman–Crippen MR) is 111 cm³/mol. The van der Waals surface area contributed by atoms with Crippen molar-refractivity contribution in [3.8, 4) is 0 Å². The summed E-state index contributed by atoms with van der Waals surface area (Å²) in [5, 5.41) is 8.16. The third kappa shape index (κ3) is 5.64. The fourth-order valence-corrected chi connectivity index (χ4v) is 3.47. The average Bonchev–Trinajstić information content (AvgIpc) is 2.62. The summed E-state index contributed by atoms with van der Waals surface area (Å²) in [6.45, 7) is 8.29. The molecule has 0 spiro atoms. The zero-order chi connectivity index (χ0) is 21.1. The van der Waals surface area contributed by atoms with Gasteiger partial charge in [-0.1, -0.05) is 30.3 Å². The van der Waals surface area contributed by atoms with Gasteiger partial charge >= 0.3 is 0 Å². The minimum absolute atomic E-state index is 0.0581. The van der Waals surface area contributed by atoms with E-state index in [0.29, 0.717) is 0 Å². The maximum absolute atomic E-state index is 12.5. The molecule has 152 valence electrons. The lowest BCUT2D eigenvalue weighted by atomic mass is 10.0. The minimum Gasteiger partial charge on any atom is -0.348 e. The Kier molecular flexibility index (Phi) is 6.98. The van der Waals surface area contributed by atoms with Gasteiger partial charge in [0, 0.05) is 6.04 Å². The smallest absolute Gasteiger partial charge is 0.238 e. The van der Waals surface area contributed by atoms with E-state index in [-0.39, 0.29) is 29.4 Å². The van der Waals surface area contributed by atoms with Crippen molar-refractivity contribution in [2.75, 3.05) is 13.6 Å². The van der Waals surface area contributed by atoms with Crippen LogP contribution in [0, 0.1) is 13.8 Å². The number of likely N-dealkylation sites (N-methyl/N-ethyl adjacent to an activating group) is 1. The Morgan fingerprint density at radius 3 is 2.14 bits per heavy atom. The van der Waals surface area contributed by atoms with Crippen molar-refractivity contribution in [1.29, 1.82) is 0 Å². The number of nitrogens with zero attached hydrogens (tertiary/aromatic N) is 1. The number of hydrogen-bond acceptors (Lipinski definition) is 4. The lowest BCUT2D eigenvalue weighted by Gasteiger charge is -2.25. The van der Waals surface area contributed by atoms with Crippen molar-refractivity contribution in [3.05, 3.63) is 64.7 Å². The Morgan fingerprint density at radius 2 is 1.61 bits per heavy atom. The van der Waals surface area contributed by atoms with Crippen LogP contribution in [-0.2, 0) is 14.8 Å². The predicted octanol–water partition coefficient (Wildman–Crippen LogP) is 2.82. The number of rotatable bonds is 7. The Labute approximate surface area is 167 Å². The molecule has 0 saturated carbocycles. The number of aryl methyl sites for hydroxylation is 2. The molecule has 0 saturated heterocycles. The third-order valence-corrected chi connectivity index (χ3v) is 6.08. The number of nitrogens with two attached hydrogens (primary N) is 1.